The molecule has 2 saturated carbocycles. The molecular formula is C11H17FO2. The van der Waals surface area contributed by atoms with Gasteiger partial charge in [-0.2, -0.15) is 0 Å². The summed E-state index contributed by atoms with van der Waals surface area (Å²) in [5, 5.41) is 0. The van der Waals surface area contributed by atoms with E-state index in [0.29, 0.717) is 6.61 Å². The van der Waals surface area contributed by atoms with Gasteiger partial charge < -0.3 is 4.74 Å². The van der Waals surface area contributed by atoms with Crippen LogP contribution < -0.4 is 0 Å². The number of fused-ring (bicyclic) bond motifs is 2. The van der Waals surface area contributed by atoms with E-state index < -0.39 is 0 Å². The maximum Gasteiger partial charge on any atom is 0.312 e. The van der Waals surface area contributed by atoms with Gasteiger partial charge in [-0.15, -0.1) is 0 Å². The lowest BCUT2D eigenvalue weighted by Gasteiger charge is -2.24. The maximum absolute atomic E-state index is 12.8. The summed E-state index contributed by atoms with van der Waals surface area (Å²) < 4.78 is 17.9. The first-order valence-corrected chi connectivity index (χ1v) is 5.40. The minimum Gasteiger partial charge on any atom is -0.466 e. The number of rotatable bonds is 3. The fourth-order valence-electron chi connectivity index (χ4n) is 3.07. The van der Waals surface area contributed by atoms with E-state index in [4.69, 9.17) is 4.74 Å². The minimum absolute atomic E-state index is 0.0900. The number of hydrogen-bond acceptors (Lipinski definition) is 2. The van der Waals surface area contributed by atoms with Gasteiger partial charge >= 0.3 is 5.97 Å². The van der Waals surface area contributed by atoms with Crippen LogP contribution in [0.15, 0.2) is 0 Å². The quantitative estimate of drug-likeness (QED) is 0.654. The fraction of sp³-hybridized carbons (Fsp3) is 0.909. The molecule has 0 aromatic carbocycles. The molecule has 0 amide bonds. The normalized spacial score (nSPS) is 40.1. The number of halogens is 1. The van der Waals surface area contributed by atoms with Crippen LogP contribution in [-0.4, -0.2) is 19.3 Å². The number of carbonyl (C=O) groups is 1. The summed E-state index contributed by atoms with van der Waals surface area (Å²) in [5.41, 5.74) is -0.491. The molecule has 14 heavy (non-hydrogen) atoms. The Bertz CT molecular complexity index is 242. The largest absolute Gasteiger partial charge is 0.466 e. The molecular weight excluding hydrogens is 183 g/mol. The fourth-order valence-corrected chi connectivity index (χ4v) is 3.07. The zero-order valence-corrected chi connectivity index (χ0v) is 8.64. The number of ether oxygens (including phenoxy) is 1. The molecule has 0 unspecified atom stereocenters. The van der Waals surface area contributed by atoms with Crippen molar-refractivity contribution in [2.45, 2.75) is 39.0 Å². The Labute approximate surface area is 83.8 Å². The lowest BCUT2D eigenvalue weighted by Crippen LogP contribution is -2.28. The van der Waals surface area contributed by atoms with E-state index >= 15 is 0 Å². The van der Waals surface area contributed by atoms with Crippen molar-refractivity contribution in [3.63, 3.8) is 0 Å². The molecule has 0 aromatic rings. The first-order valence-electron chi connectivity index (χ1n) is 5.40. The Morgan fingerprint density at radius 2 is 2.00 bits per heavy atom. The summed E-state index contributed by atoms with van der Waals surface area (Å²) in [6.45, 7) is 1.98. The molecule has 2 nitrogen and oxygen atoms in total. The molecule has 80 valence electrons. The topological polar surface area (TPSA) is 26.3 Å². The second-order valence-electron chi connectivity index (χ2n) is 4.81. The monoisotopic (exact) mass is 200 g/mol. The number of hydrogen-bond donors (Lipinski definition) is 0. The van der Waals surface area contributed by atoms with Crippen molar-refractivity contribution in [3.05, 3.63) is 0 Å². The second-order valence-corrected chi connectivity index (χ2v) is 4.81. The Morgan fingerprint density at radius 3 is 2.43 bits per heavy atom. The van der Waals surface area contributed by atoms with Crippen LogP contribution in [0.4, 0.5) is 4.39 Å². The van der Waals surface area contributed by atoms with Crippen molar-refractivity contribution in [2.24, 2.45) is 10.8 Å². The Morgan fingerprint density at radius 1 is 1.36 bits per heavy atom. The van der Waals surface area contributed by atoms with Crippen molar-refractivity contribution in [3.8, 4) is 0 Å². The van der Waals surface area contributed by atoms with Crippen LogP contribution in [0.3, 0.4) is 0 Å². The Kier molecular flexibility index (Phi) is 2.28. The van der Waals surface area contributed by atoms with Crippen LogP contribution in [0.1, 0.15) is 39.0 Å². The molecule has 0 heterocycles. The zero-order chi connectivity index (χ0) is 10.2. The highest BCUT2D eigenvalue weighted by Crippen LogP contribution is 2.62. The third-order valence-corrected chi connectivity index (χ3v) is 3.97. The predicted molar refractivity (Wildman–Crippen MR) is 50.6 cm³/mol. The van der Waals surface area contributed by atoms with Gasteiger partial charge in [0.25, 0.3) is 0 Å². The van der Waals surface area contributed by atoms with Gasteiger partial charge in [-0.25, -0.2) is 0 Å². The van der Waals surface area contributed by atoms with Gasteiger partial charge in [0.05, 0.1) is 18.7 Å². The van der Waals surface area contributed by atoms with E-state index in [2.05, 4.69) is 0 Å². The first-order chi connectivity index (χ1) is 6.66. The average molecular weight is 200 g/mol. The maximum atomic E-state index is 12.8. The van der Waals surface area contributed by atoms with E-state index in [9.17, 15) is 9.18 Å². The third kappa shape index (κ3) is 1.25. The highest BCUT2D eigenvalue weighted by molar-refractivity contribution is 5.78. The molecule has 0 aromatic heterocycles. The van der Waals surface area contributed by atoms with Crippen molar-refractivity contribution in [1.29, 1.82) is 0 Å². The van der Waals surface area contributed by atoms with E-state index in [-0.39, 0.29) is 23.5 Å². The van der Waals surface area contributed by atoms with Crippen LogP contribution in [0.2, 0.25) is 0 Å². The number of alkyl halides is 1. The summed E-state index contributed by atoms with van der Waals surface area (Å²) in [4.78, 5) is 11.7. The third-order valence-electron chi connectivity index (χ3n) is 3.97. The predicted octanol–water partition coefficient (Wildman–Crippen LogP) is 2.47. The van der Waals surface area contributed by atoms with Gasteiger partial charge in [0.15, 0.2) is 0 Å². The summed E-state index contributed by atoms with van der Waals surface area (Å²) >= 11 is 0. The van der Waals surface area contributed by atoms with Crippen LogP contribution in [0.25, 0.3) is 0 Å². The summed E-state index contributed by atoms with van der Waals surface area (Å²) in [5.74, 6) is -0.0900. The molecule has 3 heteroatoms. The average Bonchev–Trinajstić information content (AvgIpc) is 2.76. The van der Waals surface area contributed by atoms with Crippen LogP contribution in [0, 0.1) is 10.8 Å². The highest BCUT2D eigenvalue weighted by Gasteiger charge is 2.58. The van der Waals surface area contributed by atoms with Crippen molar-refractivity contribution >= 4 is 5.97 Å². The Hall–Kier alpha value is -0.600. The summed E-state index contributed by atoms with van der Waals surface area (Å²) in [6.07, 6.45) is 4.10. The summed E-state index contributed by atoms with van der Waals surface area (Å²) in [6, 6.07) is 0. The lowest BCUT2D eigenvalue weighted by molar-refractivity contribution is -0.154. The zero-order valence-electron chi connectivity index (χ0n) is 8.64. The molecule has 0 radical (unpaired) electrons. The molecule has 0 saturated heterocycles. The van der Waals surface area contributed by atoms with E-state index in [1.54, 1.807) is 0 Å². The first kappa shape index (κ1) is 9.94. The Balaban J connectivity index is 2.10. The molecule has 2 fully saturated rings. The van der Waals surface area contributed by atoms with E-state index in [0.717, 1.165) is 32.1 Å². The molecule has 2 aliphatic rings. The van der Waals surface area contributed by atoms with Crippen LogP contribution in [-0.2, 0) is 9.53 Å². The highest BCUT2D eigenvalue weighted by atomic mass is 19.1. The van der Waals surface area contributed by atoms with Gasteiger partial charge in [-0.05, 0) is 44.4 Å². The standard InChI is InChI=1S/C11H17FO2/c1-2-14-9(13)11-5-3-10(7-11,8-12)4-6-11/h2-8H2,1H3. The van der Waals surface area contributed by atoms with E-state index in [1.807, 2.05) is 6.92 Å². The van der Waals surface area contributed by atoms with Crippen molar-refractivity contribution < 1.29 is 13.9 Å². The van der Waals surface area contributed by atoms with Gasteiger partial charge in [-0.3, -0.25) is 9.18 Å². The van der Waals surface area contributed by atoms with Gasteiger partial charge in [0, 0.05) is 0 Å². The molecule has 2 aliphatic carbocycles. The molecule has 0 aliphatic heterocycles. The van der Waals surface area contributed by atoms with Gasteiger partial charge in [0.1, 0.15) is 0 Å². The SMILES string of the molecule is CCOC(=O)C12CCC(CF)(CC1)C2. The molecule has 0 atom stereocenters. The van der Waals surface area contributed by atoms with Crippen molar-refractivity contribution in [1.82, 2.24) is 0 Å². The number of carbonyl (C=O) groups excluding carboxylic acids is 1. The number of esters is 1. The minimum atomic E-state index is -0.317. The smallest absolute Gasteiger partial charge is 0.312 e. The second kappa shape index (κ2) is 3.21. The molecule has 0 spiro atoms. The van der Waals surface area contributed by atoms with Crippen LogP contribution >= 0.6 is 0 Å². The summed E-state index contributed by atoms with van der Waals surface area (Å²) in [7, 11) is 0. The molecule has 0 N–H and O–H groups in total. The van der Waals surface area contributed by atoms with Crippen LogP contribution in [0.5, 0.6) is 0 Å². The van der Waals surface area contributed by atoms with E-state index in [1.165, 1.54) is 0 Å². The van der Waals surface area contributed by atoms with Gasteiger partial charge in [-0.1, -0.05) is 0 Å². The van der Waals surface area contributed by atoms with Gasteiger partial charge in [0.2, 0.25) is 0 Å². The molecule has 2 bridgehead atoms. The lowest BCUT2D eigenvalue weighted by atomic mass is 9.83. The molecule has 2 rings (SSSR count). The van der Waals surface area contributed by atoms with Crippen molar-refractivity contribution in [2.75, 3.05) is 13.3 Å².